The van der Waals surface area contributed by atoms with Crippen molar-refractivity contribution in [2.45, 2.75) is 25.5 Å². The van der Waals surface area contributed by atoms with Crippen molar-refractivity contribution in [1.82, 2.24) is 5.32 Å². The Balaban J connectivity index is 2.15. The maximum Gasteiger partial charge on any atom is 0.329 e. The van der Waals surface area contributed by atoms with Crippen LogP contribution in [0, 0.1) is 0 Å². The van der Waals surface area contributed by atoms with Crippen LogP contribution in [0.3, 0.4) is 0 Å². The van der Waals surface area contributed by atoms with Gasteiger partial charge in [-0.15, -0.1) is 0 Å². The van der Waals surface area contributed by atoms with Gasteiger partial charge in [0.25, 0.3) is 11.6 Å². The molecule has 1 atom stereocenters. The number of anilines is 2. The van der Waals surface area contributed by atoms with Crippen LogP contribution < -0.4 is 20.3 Å². The highest BCUT2D eigenvalue weighted by molar-refractivity contribution is 9.10. The van der Waals surface area contributed by atoms with Gasteiger partial charge in [-0.1, -0.05) is 35.3 Å². The Bertz CT molecular complexity index is 905. The van der Waals surface area contributed by atoms with Crippen molar-refractivity contribution in [3.8, 4) is 5.75 Å². The number of unbranched alkanes of at least 4 members (excludes halogenated alkanes) is 1. The van der Waals surface area contributed by atoms with E-state index >= 15 is 0 Å². The summed E-state index contributed by atoms with van der Waals surface area (Å²) in [7, 11) is 1.51. The van der Waals surface area contributed by atoms with Crippen LogP contribution in [0.25, 0.3) is 0 Å². The zero-order chi connectivity index (χ0) is 20.3. The summed E-state index contributed by atoms with van der Waals surface area (Å²) in [6.45, 7) is 2.40. The van der Waals surface area contributed by atoms with Gasteiger partial charge in [0, 0.05) is 22.6 Å². The van der Waals surface area contributed by atoms with Crippen LogP contribution in [0.2, 0.25) is 0 Å². The number of hydrogen-bond donors (Lipinski definition) is 3. The lowest BCUT2D eigenvalue weighted by atomic mass is 9.94. The first-order valence-electron chi connectivity index (χ1n) is 8.97. The highest BCUT2D eigenvalue weighted by atomic mass is 79.9. The molecule has 1 aliphatic heterocycles. The average molecular weight is 448 g/mol. The van der Waals surface area contributed by atoms with Gasteiger partial charge in [0.05, 0.1) is 18.5 Å². The van der Waals surface area contributed by atoms with Crippen LogP contribution in [0.1, 0.15) is 25.3 Å². The molecule has 8 heteroatoms. The molecule has 3 N–H and O–H groups in total. The summed E-state index contributed by atoms with van der Waals surface area (Å²) in [4.78, 5) is 27.1. The number of urea groups is 1. The number of nitrogens with one attached hydrogen (secondary N) is 2. The van der Waals surface area contributed by atoms with Gasteiger partial charge in [0.15, 0.2) is 0 Å². The average Bonchev–Trinajstić information content (AvgIpc) is 2.69. The van der Waals surface area contributed by atoms with Crippen molar-refractivity contribution in [3.05, 3.63) is 52.5 Å². The largest absolute Gasteiger partial charge is 0.497 e. The molecule has 0 saturated heterocycles. The molecule has 0 saturated carbocycles. The maximum atomic E-state index is 13.1. The fourth-order valence-electron chi connectivity index (χ4n) is 3.13. The predicted octanol–water partition coefficient (Wildman–Crippen LogP) is 3.57. The number of fused-ring (bicyclic) bond motifs is 1. The normalized spacial score (nSPS) is 18.3. The minimum atomic E-state index is -2.22. The molecule has 0 spiro atoms. The third-order valence-electron chi connectivity index (χ3n) is 4.57. The number of methoxy groups -OCH3 is 1. The van der Waals surface area contributed by atoms with Gasteiger partial charge in [0.2, 0.25) is 0 Å². The number of amides is 3. The van der Waals surface area contributed by atoms with Crippen LogP contribution in [-0.2, 0) is 10.5 Å². The molecule has 1 aliphatic rings. The Morgan fingerprint density at radius 2 is 2.11 bits per heavy atom. The van der Waals surface area contributed by atoms with Crippen molar-refractivity contribution in [1.29, 1.82) is 0 Å². The molecule has 1 heterocycles. The first kappa shape index (κ1) is 20.2. The van der Waals surface area contributed by atoms with Crippen LogP contribution in [-0.4, -0.2) is 30.7 Å². The molecule has 0 bridgehead atoms. The molecular weight excluding hydrogens is 426 g/mol. The molecule has 0 aromatic heterocycles. The number of carbonyl (C=O) groups excluding carboxylic acids is 2. The zero-order valence-corrected chi connectivity index (χ0v) is 17.2. The molecule has 3 rings (SSSR count). The maximum absolute atomic E-state index is 13.1. The van der Waals surface area contributed by atoms with E-state index in [1.165, 1.54) is 7.11 Å². The lowest BCUT2D eigenvalue weighted by molar-refractivity contribution is -0.140. The predicted molar refractivity (Wildman–Crippen MR) is 110 cm³/mol. The second-order valence-corrected chi connectivity index (χ2v) is 7.35. The van der Waals surface area contributed by atoms with E-state index in [9.17, 15) is 14.7 Å². The van der Waals surface area contributed by atoms with Crippen molar-refractivity contribution in [2.24, 2.45) is 0 Å². The number of nitrogens with zero attached hydrogens (tertiary/aromatic N) is 1. The number of benzene rings is 2. The second-order valence-electron chi connectivity index (χ2n) is 6.44. The molecule has 0 aliphatic carbocycles. The second kappa shape index (κ2) is 8.20. The molecule has 2 aromatic rings. The van der Waals surface area contributed by atoms with Gasteiger partial charge in [-0.05, 0) is 36.8 Å². The molecular formula is C20H22BrN3O4. The van der Waals surface area contributed by atoms with E-state index in [0.717, 1.165) is 17.7 Å². The Hall–Kier alpha value is -2.58. The van der Waals surface area contributed by atoms with Gasteiger partial charge >= 0.3 is 6.03 Å². The molecule has 0 unspecified atom stereocenters. The number of rotatable bonds is 6. The Morgan fingerprint density at radius 3 is 2.82 bits per heavy atom. The number of hydrogen-bond acceptors (Lipinski definition) is 4. The minimum absolute atomic E-state index is 0.276. The number of carbonyl (C=O) groups is 2. The molecule has 148 valence electrons. The standard InChI is InChI=1S/C20H22BrN3O4/c1-3-4-10-22-18(25)20(27)16-11-13(21)8-9-17(16)23-19(26)24(20)14-6-5-7-15(12-14)28-2/h5-9,11-12,27H,3-4,10H2,1-2H3,(H,22,25)(H,23,26)/t20-/m1/s1. The summed E-state index contributed by atoms with van der Waals surface area (Å²) < 4.78 is 5.90. The molecule has 28 heavy (non-hydrogen) atoms. The Kier molecular flexibility index (Phi) is 5.90. The number of aliphatic hydroxyl groups is 1. The third-order valence-corrected chi connectivity index (χ3v) is 5.06. The quantitative estimate of drug-likeness (QED) is 0.590. The first-order valence-corrected chi connectivity index (χ1v) is 9.77. The van der Waals surface area contributed by atoms with E-state index in [4.69, 9.17) is 4.74 Å². The molecule has 0 fully saturated rings. The minimum Gasteiger partial charge on any atom is -0.497 e. The van der Waals surface area contributed by atoms with E-state index in [2.05, 4.69) is 26.6 Å². The molecule has 0 radical (unpaired) electrons. The Labute approximate surface area is 171 Å². The fraction of sp³-hybridized carbons (Fsp3) is 0.300. The van der Waals surface area contributed by atoms with Crippen molar-refractivity contribution in [3.63, 3.8) is 0 Å². The highest BCUT2D eigenvalue weighted by Gasteiger charge is 2.52. The van der Waals surface area contributed by atoms with Crippen LogP contribution in [0.15, 0.2) is 46.9 Å². The van der Waals surface area contributed by atoms with Gasteiger partial charge in [-0.3, -0.25) is 9.69 Å². The van der Waals surface area contributed by atoms with Crippen molar-refractivity contribution < 1.29 is 19.4 Å². The van der Waals surface area contributed by atoms with Gasteiger partial charge in [0.1, 0.15) is 5.75 Å². The number of ether oxygens (including phenoxy) is 1. The SMILES string of the molecule is CCCCNC(=O)[C@]1(O)c2cc(Br)ccc2NC(=O)N1c1cccc(OC)c1. The van der Waals surface area contributed by atoms with E-state index in [1.54, 1.807) is 42.5 Å². The summed E-state index contributed by atoms with van der Waals surface area (Å²) in [6, 6.07) is 11.0. The van der Waals surface area contributed by atoms with E-state index in [0.29, 0.717) is 28.1 Å². The van der Waals surface area contributed by atoms with Gasteiger partial charge in [-0.2, -0.15) is 0 Å². The molecule has 7 nitrogen and oxygen atoms in total. The van der Waals surface area contributed by atoms with Crippen LogP contribution >= 0.6 is 15.9 Å². The summed E-state index contributed by atoms with van der Waals surface area (Å²) in [5, 5.41) is 17.1. The van der Waals surface area contributed by atoms with Gasteiger partial charge < -0.3 is 20.5 Å². The summed E-state index contributed by atoms with van der Waals surface area (Å²) >= 11 is 3.38. The summed E-state index contributed by atoms with van der Waals surface area (Å²) in [6.07, 6.45) is 1.65. The van der Waals surface area contributed by atoms with Crippen LogP contribution in [0.5, 0.6) is 5.75 Å². The highest BCUT2D eigenvalue weighted by Crippen LogP contribution is 2.41. The Morgan fingerprint density at radius 1 is 1.32 bits per heavy atom. The first-order chi connectivity index (χ1) is 13.4. The fourth-order valence-corrected chi connectivity index (χ4v) is 3.49. The van der Waals surface area contributed by atoms with E-state index < -0.39 is 17.7 Å². The molecule has 3 amide bonds. The monoisotopic (exact) mass is 447 g/mol. The van der Waals surface area contributed by atoms with E-state index in [-0.39, 0.29) is 5.56 Å². The third kappa shape index (κ3) is 3.57. The van der Waals surface area contributed by atoms with Crippen molar-refractivity contribution in [2.75, 3.05) is 23.9 Å². The lowest BCUT2D eigenvalue weighted by Gasteiger charge is -2.42. The topological polar surface area (TPSA) is 90.9 Å². The van der Waals surface area contributed by atoms with Crippen LogP contribution in [0.4, 0.5) is 16.2 Å². The van der Waals surface area contributed by atoms with E-state index in [1.807, 2.05) is 6.92 Å². The number of halogens is 1. The smallest absolute Gasteiger partial charge is 0.329 e. The summed E-state index contributed by atoms with van der Waals surface area (Å²) in [5.41, 5.74) is -1.24. The summed E-state index contributed by atoms with van der Waals surface area (Å²) in [5.74, 6) is -0.169. The van der Waals surface area contributed by atoms with Crippen molar-refractivity contribution >= 4 is 39.2 Å². The molecule has 2 aromatic carbocycles. The zero-order valence-electron chi connectivity index (χ0n) is 15.7. The van der Waals surface area contributed by atoms with Gasteiger partial charge in [-0.25, -0.2) is 4.79 Å². The lowest BCUT2D eigenvalue weighted by Crippen LogP contribution is -2.62.